The molecule has 1 aliphatic rings. The third-order valence-electron chi connectivity index (χ3n) is 3.69. The summed E-state index contributed by atoms with van der Waals surface area (Å²) in [5, 5.41) is 12.1. The second kappa shape index (κ2) is 7.42. The molecule has 1 aliphatic heterocycles. The van der Waals surface area contributed by atoms with Crippen LogP contribution >= 0.6 is 0 Å². The Kier molecular flexibility index (Phi) is 5.32. The fourth-order valence-electron chi connectivity index (χ4n) is 2.27. The quantitative estimate of drug-likeness (QED) is 0.523. The molecule has 0 aliphatic carbocycles. The number of aliphatic imine (C=N–C) groups is 1. The van der Waals surface area contributed by atoms with E-state index in [2.05, 4.69) is 10.3 Å². The first kappa shape index (κ1) is 15.8. The maximum absolute atomic E-state index is 12.3. The fourth-order valence-corrected chi connectivity index (χ4v) is 2.27. The maximum atomic E-state index is 12.3. The molecule has 0 spiro atoms. The third-order valence-corrected chi connectivity index (χ3v) is 3.69. The number of benzene rings is 1. The van der Waals surface area contributed by atoms with Gasteiger partial charge in [0.15, 0.2) is 0 Å². The van der Waals surface area contributed by atoms with Gasteiger partial charge in [0.1, 0.15) is 19.5 Å². The molecule has 0 bridgehead atoms. The van der Waals surface area contributed by atoms with E-state index in [0.717, 1.165) is 5.56 Å². The van der Waals surface area contributed by atoms with Crippen LogP contribution in [0.4, 0.5) is 0 Å². The van der Waals surface area contributed by atoms with Crippen molar-refractivity contribution in [2.75, 3.05) is 0 Å². The van der Waals surface area contributed by atoms with E-state index in [0.29, 0.717) is 0 Å². The van der Waals surface area contributed by atoms with Crippen LogP contribution in [0.1, 0.15) is 18.5 Å². The van der Waals surface area contributed by atoms with Crippen molar-refractivity contribution >= 4 is 20.0 Å². The van der Waals surface area contributed by atoms with Crippen molar-refractivity contribution in [3.63, 3.8) is 0 Å². The zero-order valence-corrected chi connectivity index (χ0v) is 12.7. The Hall–Kier alpha value is -2.61. The van der Waals surface area contributed by atoms with E-state index in [4.69, 9.17) is 0 Å². The van der Waals surface area contributed by atoms with Crippen LogP contribution in [0.2, 0.25) is 5.82 Å². The largest absolute Gasteiger partial charge is 0.345 e. The molecule has 0 fully saturated rings. The lowest BCUT2D eigenvalue weighted by molar-refractivity contribution is -0.117. The molecule has 1 aromatic rings. The predicted molar refractivity (Wildman–Crippen MR) is 90.1 cm³/mol. The van der Waals surface area contributed by atoms with Crippen molar-refractivity contribution in [2.45, 2.75) is 18.8 Å². The van der Waals surface area contributed by atoms with Gasteiger partial charge >= 0.3 is 0 Å². The standard InChI is InChI=1S/C17H18BN3O/c1-12(13-5-3-2-4-6-13)21-17(22)15(10-19)9-14-7-8-20-11-16(14)18/h2-9,11-12,14,16H,18H2,1H3,(H,21,22)/b15-9+/t12-,14?,16?/m0/s1. The summed E-state index contributed by atoms with van der Waals surface area (Å²) in [6, 6.07) is 11.5. The first-order valence-corrected chi connectivity index (χ1v) is 7.29. The molecule has 1 amide bonds. The molecule has 3 atom stereocenters. The van der Waals surface area contributed by atoms with Gasteiger partial charge in [-0.1, -0.05) is 42.5 Å². The summed E-state index contributed by atoms with van der Waals surface area (Å²) in [4.78, 5) is 16.3. The van der Waals surface area contributed by atoms with Crippen LogP contribution in [-0.4, -0.2) is 20.0 Å². The smallest absolute Gasteiger partial charge is 0.262 e. The normalized spacial score (nSPS) is 21.9. The molecule has 1 heterocycles. The second-order valence-corrected chi connectivity index (χ2v) is 5.37. The van der Waals surface area contributed by atoms with Gasteiger partial charge in [-0.2, -0.15) is 5.26 Å². The summed E-state index contributed by atoms with van der Waals surface area (Å²) in [5.74, 6) is -0.153. The zero-order chi connectivity index (χ0) is 15.9. The molecule has 2 unspecified atom stereocenters. The average molecular weight is 291 g/mol. The molecule has 0 saturated carbocycles. The van der Waals surface area contributed by atoms with E-state index in [1.54, 1.807) is 12.3 Å². The van der Waals surface area contributed by atoms with E-state index in [1.807, 2.05) is 63.5 Å². The van der Waals surface area contributed by atoms with Gasteiger partial charge < -0.3 is 5.32 Å². The van der Waals surface area contributed by atoms with Gasteiger partial charge in [-0.15, -0.1) is 0 Å². The van der Waals surface area contributed by atoms with E-state index < -0.39 is 0 Å². The SMILES string of the molecule is BC1C=NC=CC1/C=C(\C#N)C(=O)N[C@@H](C)c1ccccc1. The van der Waals surface area contributed by atoms with Crippen molar-refractivity contribution < 1.29 is 4.79 Å². The molecule has 22 heavy (non-hydrogen) atoms. The molecule has 4 nitrogen and oxygen atoms in total. The highest BCUT2D eigenvalue weighted by molar-refractivity contribution is 6.21. The lowest BCUT2D eigenvalue weighted by Gasteiger charge is -2.17. The predicted octanol–water partition coefficient (Wildman–Crippen LogP) is 1.95. The van der Waals surface area contributed by atoms with Gasteiger partial charge in [0.05, 0.1) is 6.04 Å². The molecule has 0 saturated heterocycles. The van der Waals surface area contributed by atoms with Crippen molar-refractivity contribution in [1.29, 1.82) is 5.26 Å². The van der Waals surface area contributed by atoms with Crippen LogP contribution in [-0.2, 0) is 4.79 Å². The average Bonchev–Trinajstić information content (AvgIpc) is 2.54. The molecule has 5 heteroatoms. The highest BCUT2D eigenvalue weighted by Crippen LogP contribution is 2.21. The Bertz CT molecular complexity index is 658. The molecular weight excluding hydrogens is 273 g/mol. The zero-order valence-electron chi connectivity index (χ0n) is 12.7. The Morgan fingerprint density at radius 2 is 2.18 bits per heavy atom. The van der Waals surface area contributed by atoms with Gasteiger partial charge in [-0.25, -0.2) is 0 Å². The molecule has 0 radical (unpaired) electrons. The van der Waals surface area contributed by atoms with E-state index in [-0.39, 0.29) is 29.3 Å². The molecule has 2 rings (SSSR count). The third kappa shape index (κ3) is 3.95. The van der Waals surface area contributed by atoms with Gasteiger partial charge in [-0.05, 0) is 24.2 Å². The number of hydrogen-bond acceptors (Lipinski definition) is 3. The Labute approximate surface area is 131 Å². The summed E-state index contributed by atoms with van der Waals surface area (Å²) in [6.45, 7) is 1.90. The topological polar surface area (TPSA) is 65.2 Å². The van der Waals surface area contributed by atoms with E-state index in [9.17, 15) is 10.1 Å². The molecule has 110 valence electrons. The number of nitrogens with zero attached hydrogens (tertiary/aromatic N) is 2. The monoisotopic (exact) mass is 291 g/mol. The molecule has 1 aromatic carbocycles. The Morgan fingerprint density at radius 3 is 2.82 bits per heavy atom. The highest BCUT2D eigenvalue weighted by Gasteiger charge is 2.18. The highest BCUT2D eigenvalue weighted by atomic mass is 16.1. The summed E-state index contributed by atoms with van der Waals surface area (Å²) in [6.07, 6.45) is 7.12. The van der Waals surface area contributed by atoms with Crippen molar-refractivity contribution in [1.82, 2.24) is 5.32 Å². The van der Waals surface area contributed by atoms with Gasteiger partial charge in [0.2, 0.25) is 0 Å². The van der Waals surface area contributed by atoms with E-state index >= 15 is 0 Å². The van der Waals surface area contributed by atoms with Gasteiger partial charge in [0.25, 0.3) is 5.91 Å². The van der Waals surface area contributed by atoms with Crippen LogP contribution in [0.15, 0.2) is 59.2 Å². The number of carbonyl (C=O) groups excluding carboxylic acids is 1. The Morgan fingerprint density at radius 1 is 1.45 bits per heavy atom. The molecule has 0 aromatic heterocycles. The lowest BCUT2D eigenvalue weighted by atomic mass is 9.76. The van der Waals surface area contributed by atoms with Gasteiger partial charge in [-0.3, -0.25) is 9.79 Å². The van der Waals surface area contributed by atoms with Crippen LogP contribution in [0.5, 0.6) is 0 Å². The van der Waals surface area contributed by atoms with Crippen LogP contribution < -0.4 is 5.32 Å². The summed E-state index contributed by atoms with van der Waals surface area (Å²) in [5.41, 5.74) is 1.14. The number of hydrogen-bond donors (Lipinski definition) is 1. The summed E-state index contributed by atoms with van der Waals surface area (Å²) >= 11 is 0. The number of nitriles is 1. The minimum absolute atomic E-state index is 0.0185. The summed E-state index contributed by atoms with van der Waals surface area (Å²) in [7, 11) is 2.01. The number of allylic oxidation sites excluding steroid dienone is 2. The second-order valence-electron chi connectivity index (χ2n) is 5.37. The van der Waals surface area contributed by atoms with Crippen molar-refractivity contribution in [2.24, 2.45) is 10.9 Å². The molecule has 1 N–H and O–H groups in total. The first-order valence-electron chi connectivity index (χ1n) is 7.29. The van der Waals surface area contributed by atoms with Crippen LogP contribution in [0, 0.1) is 17.2 Å². The van der Waals surface area contributed by atoms with Crippen LogP contribution in [0.3, 0.4) is 0 Å². The first-order chi connectivity index (χ1) is 10.6. The lowest BCUT2D eigenvalue weighted by Crippen LogP contribution is -2.28. The molecular formula is C17H18BN3O. The maximum Gasteiger partial charge on any atom is 0.262 e. The van der Waals surface area contributed by atoms with Gasteiger partial charge in [0, 0.05) is 12.4 Å². The Balaban J connectivity index is 2.08. The van der Waals surface area contributed by atoms with E-state index in [1.165, 1.54) is 0 Å². The minimum Gasteiger partial charge on any atom is -0.345 e. The van der Waals surface area contributed by atoms with Crippen molar-refractivity contribution in [3.8, 4) is 6.07 Å². The number of amides is 1. The number of carbonyl (C=O) groups is 1. The summed E-state index contributed by atoms with van der Waals surface area (Å²) < 4.78 is 0. The number of rotatable bonds is 4. The van der Waals surface area contributed by atoms with Crippen molar-refractivity contribution in [3.05, 3.63) is 59.8 Å². The fraction of sp³-hybridized carbons (Fsp3) is 0.235. The van der Waals surface area contributed by atoms with Crippen LogP contribution in [0.25, 0.3) is 0 Å². The minimum atomic E-state index is -0.345. The number of nitrogens with one attached hydrogen (secondary N) is 1.